The monoisotopic (exact) mass is 237 g/mol. The number of hydrogen-bond acceptors (Lipinski definition) is 4. The van der Waals surface area contributed by atoms with Gasteiger partial charge >= 0.3 is 5.97 Å². The summed E-state index contributed by atoms with van der Waals surface area (Å²) in [4.78, 5) is 16.8. The maximum atomic E-state index is 10.5. The number of likely N-dealkylation sites (N-methyl/N-ethyl adjacent to an activating group) is 1. The van der Waals surface area contributed by atoms with Crippen molar-refractivity contribution >= 4 is 5.97 Å². The highest BCUT2D eigenvalue weighted by Gasteiger charge is 2.11. The fourth-order valence-electron chi connectivity index (χ4n) is 1.45. The zero-order chi connectivity index (χ0) is 12.7. The first-order valence-electron chi connectivity index (χ1n) is 5.66. The van der Waals surface area contributed by atoms with Crippen LogP contribution in [0.15, 0.2) is 24.4 Å². The van der Waals surface area contributed by atoms with Gasteiger partial charge in [0.1, 0.15) is 6.04 Å². The Morgan fingerprint density at radius 3 is 2.88 bits per heavy atom. The summed E-state index contributed by atoms with van der Waals surface area (Å²) < 4.78 is 0. The van der Waals surface area contributed by atoms with Crippen LogP contribution in [0.1, 0.15) is 12.1 Å². The van der Waals surface area contributed by atoms with Crippen LogP contribution in [0.25, 0.3) is 0 Å². The molecular formula is C12H19N3O2. The molecule has 0 spiro atoms. The largest absolute Gasteiger partial charge is 0.480 e. The third-order valence-electron chi connectivity index (χ3n) is 2.61. The van der Waals surface area contributed by atoms with Gasteiger partial charge in [-0.15, -0.1) is 0 Å². The number of carbonyl (C=O) groups is 1. The highest BCUT2D eigenvalue weighted by atomic mass is 16.4. The van der Waals surface area contributed by atoms with Gasteiger partial charge in [-0.2, -0.15) is 0 Å². The highest BCUT2D eigenvalue weighted by Crippen LogP contribution is 1.98. The van der Waals surface area contributed by atoms with Crippen LogP contribution in [0.2, 0.25) is 0 Å². The summed E-state index contributed by atoms with van der Waals surface area (Å²) in [6, 6.07) is 5.06. The van der Waals surface area contributed by atoms with E-state index in [1.165, 1.54) is 0 Å². The second-order valence-electron chi connectivity index (χ2n) is 4.11. The smallest absolute Gasteiger partial charge is 0.320 e. The van der Waals surface area contributed by atoms with Gasteiger partial charge in [0.25, 0.3) is 0 Å². The van der Waals surface area contributed by atoms with E-state index in [0.717, 1.165) is 18.7 Å². The molecule has 0 fully saturated rings. The van der Waals surface area contributed by atoms with Crippen LogP contribution < -0.4 is 5.73 Å². The van der Waals surface area contributed by atoms with E-state index in [1.54, 1.807) is 6.20 Å². The molecule has 1 unspecified atom stereocenters. The summed E-state index contributed by atoms with van der Waals surface area (Å²) in [6.45, 7) is 1.53. The van der Waals surface area contributed by atoms with E-state index in [2.05, 4.69) is 9.88 Å². The van der Waals surface area contributed by atoms with Crippen LogP contribution in [-0.2, 0) is 11.2 Å². The topological polar surface area (TPSA) is 79.5 Å². The van der Waals surface area contributed by atoms with E-state index in [9.17, 15) is 4.79 Å². The molecule has 0 aromatic carbocycles. The molecular weight excluding hydrogens is 218 g/mol. The molecule has 0 aliphatic heterocycles. The lowest BCUT2D eigenvalue weighted by atomic mass is 10.2. The molecule has 3 N–H and O–H groups in total. The first-order valence-corrected chi connectivity index (χ1v) is 5.66. The number of pyridine rings is 1. The zero-order valence-corrected chi connectivity index (χ0v) is 10.0. The van der Waals surface area contributed by atoms with E-state index >= 15 is 0 Å². The lowest BCUT2D eigenvalue weighted by Gasteiger charge is -2.17. The first kappa shape index (κ1) is 13.6. The molecule has 1 rings (SSSR count). The lowest BCUT2D eigenvalue weighted by Crippen LogP contribution is -2.34. The minimum atomic E-state index is -0.942. The number of aromatic nitrogens is 1. The van der Waals surface area contributed by atoms with Crippen LogP contribution >= 0.6 is 0 Å². The fourth-order valence-corrected chi connectivity index (χ4v) is 1.45. The molecule has 0 amide bonds. The summed E-state index contributed by atoms with van der Waals surface area (Å²) in [5, 5.41) is 8.65. The number of rotatable bonds is 7. The minimum Gasteiger partial charge on any atom is -0.480 e. The molecule has 1 aromatic rings. The zero-order valence-electron chi connectivity index (χ0n) is 10.0. The van der Waals surface area contributed by atoms with Crippen molar-refractivity contribution in [2.75, 3.05) is 20.1 Å². The van der Waals surface area contributed by atoms with Crippen molar-refractivity contribution in [3.8, 4) is 0 Å². The SMILES string of the molecule is CN(CCc1ccccn1)CCC(N)C(=O)O. The first-order chi connectivity index (χ1) is 8.09. The van der Waals surface area contributed by atoms with Crippen LogP contribution in [0, 0.1) is 0 Å². The summed E-state index contributed by atoms with van der Waals surface area (Å²) in [6.07, 6.45) is 3.10. The highest BCUT2D eigenvalue weighted by molar-refractivity contribution is 5.72. The molecule has 1 aromatic heterocycles. The molecule has 0 radical (unpaired) electrons. The second-order valence-corrected chi connectivity index (χ2v) is 4.11. The predicted octanol–water partition coefficient (Wildman–Crippen LogP) is 0.358. The quantitative estimate of drug-likeness (QED) is 0.715. The standard InChI is InChI=1S/C12H19N3O2/c1-15(9-6-11(13)12(16)17)8-5-10-4-2-3-7-14-10/h2-4,7,11H,5-6,8-9,13H2,1H3,(H,16,17). The Bertz CT molecular complexity index is 343. The van der Waals surface area contributed by atoms with E-state index < -0.39 is 12.0 Å². The van der Waals surface area contributed by atoms with Crippen LogP contribution in [-0.4, -0.2) is 47.1 Å². The summed E-state index contributed by atoms with van der Waals surface area (Å²) in [5.41, 5.74) is 6.48. The fraction of sp³-hybridized carbons (Fsp3) is 0.500. The summed E-state index contributed by atoms with van der Waals surface area (Å²) >= 11 is 0. The number of hydrogen-bond donors (Lipinski definition) is 2. The molecule has 94 valence electrons. The van der Waals surface area contributed by atoms with Crippen molar-refractivity contribution in [1.82, 2.24) is 9.88 Å². The lowest BCUT2D eigenvalue weighted by molar-refractivity contribution is -0.138. The third-order valence-corrected chi connectivity index (χ3v) is 2.61. The number of nitrogens with two attached hydrogens (primary N) is 1. The van der Waals surface area contributed by atoms with Gasteiger partial charge < -0.3 is 15.7 Å². The van der Waals surface area contributed by atoms with Crippen molar-refractivity contribution in [3.63, 3.8) is 0 Å². The number of nitrogens with zero attached hydrogens (tertiary/aromatic N) is 2. The molecule has 0 aliphatic carbocycles. The van der Waals surface area contributed by atoms with Crippen LogP contribution in [0.3, 0.4) is 0 Å². The Balaban J connectivity index is 2.22. The molecule has 5 nitrogen and oxygen atoms in total. The predicted molar refractivity (Wildman–Crippen MR) is 65.7 cm³/mol. The molecule has 1 atom stereocenters. The molecule has 0 bridgehead atoms. The molecule has 0 aliphatic rings. The molecule has 0 saturated carbocycles. The van der Waals surface area contributed by atoms with Crippen molar-refractivity contribution in [3.05, 3.63) is 30.1 Å². The van der Waals surface area contributed by atoms with Crippen molar-refractivity contribution < 1.29 is 9.90 Å². The summed E-state index contributed by atoms with van der Waals surface area (Å²) in [5.74, 6) is -0.942. The van der Waals surface area contributed by atoms with Crippen LogP contribution in [0.5, 0.6) is 0 Å². The molecule has 0 saturated heterocycles. The van der Waals surface area contributed by atoms with Gasteiger partial charge in [0.05, 0.1) is 0 Å². The Hall–Kier alpha value is -1.46. The third kappa shape index (κ3) is 5.42. The van der Waals surface area contributed by atoms with Gasteiger partial charge in [-0.05, 0) is 32.1 Å². The van der Waals surface area contributed by atoms with Crippen molar-refractivity contribution in [2.24, 2.45) is 5.73 Å². The average Bonchev–Trinajstić information content (AvgIpc) is 2.34. The normalized spacial score (nSPS) is 12.6. The van der Waals surface area contributed by atoms with Crippen molar-refractivity contribution in [1.29, 1.82) is 0 Å². The van der Waals surface area contributed by atoms with Gasteiger partial charge in [0.2, 0.25) is 0 Å². The maximum Gasteiger partial charge on any atom is 0.320 e. The number of carboxylic acid groups (broad SMARTS) is 1. The molecule has 5 heteroatoms. The van der Waals surface area contributed by atoms with Gasteiger partial charge in [-0.25, -0.2) is 0 Å². The molecule has 17 heavy (non-hydrogen) atoms. The van der Waals surface area contributed by atoms with E-state index in [-0.39, 0.29) is 0 Å². The van der Waals surface area contributed by atoms with Gasteiger partial charge in [-0.1, -0.05) is 6.07 Å². The van der Waals surface area contributed by atoms with Gasteiger partial charge in [0.15, 0.2) is 0 Å². The van der Waals surface area contributed by atoms with E-state index in [0.29, 0.717) is 13.0 Å². The number of aliphatic carboxylic acids is 1. The van der Waals surface area contributed by atoms with E-state index in [4.69, 9.17) is 10.8 Å². The minimum absolute atomic E-state index is 0.466. The molecule has 1 heterocycles. The Morgan fingerprint density at radius 1 is 1.53 bits per heavy atom. The average molecular weight is 237 g/mol. The summed E-state index contributed by atoms with van der Waals surface area (Å²) in [7, 11) is 1.96. The van der Waals surface area contributed by atoms with E-state index in [1.807, 2.05) is 25.2 Å². The van der Waals surface area contributed by atoms with Gasteiger partial charge in [0, 0.05) is 24.9 Å². The van der Waals surface area contributed by atoms with Gasteiger partial charge in [-0.3, -0.25) is 9.78 Å². The Morgan fingerprint density at radius 2 is 2.29 bits per heavy atom. The Kier molecular flexibility index (Phi) is 5.59. The van der Waals surface area contributed by atoms with Crippen molar-refractivity contribution in [2.45, 2.75) is 18.9 Å². The number of carboxylic acids is 1. The van der Waals surface area contributed by atoms with Crippen LogP contribution in [0.4, 0.5) is 0 Å². The Labute approximate surface area is 101 Å². The second kappa shape index (κ2) is 6.98. The maximum absolute atomic E-state index is 10.5.